The van der Waals surface area contributed by atoms with Gasteiger partial charge in [0, 0.05) is 0 Å². The van der Waals surface area contributed by atoms with Gasteiger partial charge in [0.15, 0.2) is 0 Å². The van der Waals surface area contributed by atoms with Crippen LogP contribution in [-0.4, -0.2) is 13.2 Å². The van der Waals surface area contributed by atoms with E-state index in [1.165, 1.54) is 6.08 Å². The molecule has 0 unspecified atom stereocenters. The molecule has 0 radical (unpaired) electrons. The summed E-state index contributed by atoms with van der Waals surface area (Å²) in [5.41, 5.74) is -0.793. The van der Waals surface area contributed by atoms with Crippen LogP contribution in [0, 0.1) is 0 Å². The highest BCUT2D eigenvalue weighted by Gasteiger charge is 2.29. The van der Waals surface area contributed by atoms with Crippen LogP contribution in [0.4, 0.5) is 4.39 Å². The zero-order valence-electron chi connectivity index (χ0n) is 8.25. The SMILES string of the molecule is CC/C=C(\F)P(=O)(OCC)OCC. The smallest absolute Gasteiger partial charge is 0.304 e. The van der Waals surface area contributed by atoms with Crippen molar-refractivity contribution in [3.8, 4) is 0 Å². The third kappa shape index (κ3) is 4.03. The third-order valence-corrected chi connectivity index (χ3v) is 3.13. The van der Waals surface area contributed by atoms with Gasteiger partial charge < -0.3 is 9.05 Å². The monoisotopic (exact) mass is 210 g/mol. The molecule has 0 saturated heterocycles. The quantitative estimate of drug-likeness (QED) is 0.629. The van der Waals surface area contributed by atoms with E-state index >= 15 is 0 Å². The summed E-state index contributed by atoms with van der Waals surface area (Å²) in [6, 6.07) is 0. The number of halogens is 1. The van der Waals surface area contributed by atoms with Gasteiger partial charge in [0.2, 0.25) is 5.57 Å². The molecule has 0 atom stereocenters. The molecule has 0 aliphatic rings. The second kappa shape index (κ2) is 6.30. The maximum Gasteiger partial charge on any atom is 0.389 e. The Morgan fingerprint density at radius 1 is 1.31 bits per heavy atom. The summed E-state index contributed by atoms with van der Waals surface area (Å²) in [6.07, 6.45) is 1.68. The highest BCUT2D eigenvalue weighted by molar-refractivity contribution is 7.58. The number of allylic oxidation sites excluding steroid dienone is 1. The van der Waals surface area contributed by atoms with Crippen molar-refractivity contribution in [1.29, 1.82) is 0 Å². The Kier molecular flexibility index (Phi) is 6.21. The second-order valence-electron chi connectivity index (χ2n) is 2.27. The molecule has 0 rings (SSSR count). The van der Waals surface area contributed by atoms with Crippen LogP contribution in [0.1, 0.15) is 27.2 Å². The first-order chi connectivity index (χ1) is 6.10. The fourth-order valence-electron chi connectivity index (χ4n) is 0.781. The summed E-state index contributed by atoms with van der Waals surface area (Å²) in [6.45, 7) is 5.38. The van der Waals surface area contributed by atoms with E-state index in [1.54, 1.807) is 20.8 Å². The highest BCUT2D eigenvalue weighted by Crippen LogP contribution is 2.56. The van der Waals surface area contributed by atoms with Gasteiger partial charge in [0.05, 0.1) is 13.2 Å². The van der Waals surface area contributed by atoms with Gasteiger partial charge in [-0.25, -0.2) is 0 Å². The van der Waals surface area contributed by atoms with Crippen LogP contribution in [0.2, 0.25) is 0 Å². The summed E-state index contributed by atoms with van der Waals surface area (Å²) in [7, 11) is -3.63. The van der Waals surface area contributed by atoms with Gasteiger partial charge in [-0.05, 0) is 26.3 Å². The van der Waals surface area contributed by atoms with Crippen LogP contribution in [-0.2, 0) is 13.6 Å². The summed E-state index contributed by atoms with van der Waals surface area (Å²) in [4.78, 5) is 0. The molecule has 0 saturated carbocycles. The third-order valence-electron chi connectivity index (χ3n) is 1.23. The Morgan fingerprint density at radius 2 is 1.77 bits per heavy atom. The van der Waals surface area contributed by atoms with E-state index in [1.807, 2.05) is 0 Å². The fraction of sp³-hybridized carbons (Fsp3) is 0.750. The number of hydrogen-bond donors (Lipinski definition) is 0. The van der Waals surface area contributed by atoms with Crippen molar-refractivity contribution in [2.45, 2.75) is 27.2 Å². The average molecular weight is 210 g/mol. The Hall–Kier alpha value is -0.180. The van der Waals surface area contributed by atoms with E-state index in [-0.39, 0.29) is 13.2 Å². The molecule has 0 bridgehead atoms. The lowest BCUT2D eigenvalue weighted by atomic mass is 10.5. The van der Waals surface area contributed by atoms with E-state index in [4.69, 9.17) is 9.05 Å². The zero-order valence-corrected chi connectivity index (χ0v) is 9.14. The van der Waals surface area contributed by atoms with Gasteiger partial charge in [-0.2, -0.15) is 4.39 Å². The predicted molar refractivity (Wildman–Crippen MR) is 50.3 cm³/mol. The fourth-order valence-corrected chi connectivity index (χ4v) is 2.19. The van der Waals surface area contributed by atoms with Gasteiger partial charge in [0.1, 0.15) is 0 Å². The molecule has 0 aliphatic carbocycles. The van der Waals surface area contributed by atoms with E-state index in [0.29, 0.717) is 6.42 Å². The minimum Gasteiger partial charge on any atom is -0.304 e. The van der Waals surface area contributed by atoms with Crippen molar-refractivity contribution in [3.63, 3.8) is 0 Å². The van der Waals surface area contributed by atoms with Crippen molar-refractivity contribution < 1.29 is 18.0 Å². The first kappa shape index (κ1) is 12.8. The molecular formula is C8H16FO3P. The lowest BCUT2D eigenvalue weighted by Gasteiger charge is -2.14. The van der Waals surface area contributed by atoms with Gasteiger partial charge in [-0.15, -0.1) is 0 Å². The second-order valence-corrected chi connectivity index (χ2v) is 4.21. The molecule has 0 heterocycles. The molecule has 0 amide bonds. The van der Waals surface area contributed by atoms with E-state index in [9.17, 15) is 8.96 Å². The molecule has 3 nitrogen and oxygen atoms in total. The average Bonchev–Trinajstić information content (AvgIpc) is 2.05. The van der Waals surface area contributed by atoms with Gasteiger partial charge in [0.25, 0.3) is 0 Å². The van der Waals surface area contributed by atoms with Crippen molar-refractivity contribution in [3.05, 3.63) is 11.6 Å². The maximum atomic E-state index is 13.2. The van der Waals surface area contributed by atoms with Crippen molar-refractivity contribution in [2.24, 2.45) is 0 Å². The van der Waals surface area contributed by atoms with E-state index < -0.39 is 13.2 Å². The van der Waals surface area contributed by atoms with Crippen LogP contribution in [0.3, 0.4) is 0 Å². The molecule has 13 heavy (non-hydrogen) atoms. The van der Waals surface area contributed by atoms with Gasteiger partial charge >= 0.3 is 7.60 Å². The van der Waals surface area contributed by atoms with Crippen LogP contribution in [0.25, 0.3) is 0 Å². The summed E-state index contributed by atoms with van der Waals surface area (Å²) in [5, 5.41) is 0. The lowest BCUT2D eigenvalue weighted by Crippen LogP contribution is -1.96. The zero-order chi connectivity index (χ0) is 10.3. The Labute approximate surface area is 78.5 Å². The molecule has 0 aliphatic heterocycles. The molecular weight excluding hydrogens is 194 g/mol. The minimum atomic E-state index is -3.63. The van der Waals surface area contributed by atoms with Crippen LogP contribution >= 0.6 is 7.60 Å². The molecule has 0 spiro atoms. The number of hydrogen-bond acceptors (Lipinski definition) is 3. The van der Waals surface area contributed by atoms with Gasteiger partial charge in [-0.1, -0.05) is 6.92 Å². The van der Waals surface area contributed by atoms with E-state index in [2.05, 4.69) is 0 Å². The predicted octanol–water partition coefficient (Wildman–Crippen LogP) is 3.47. The number of rotatable bonds is 6. The topological polar surface area (TPSA) is 35.5 Å². The van der Waals surface area contributed by atoms with Crippen LogP contribution in [0.5, 0.6) is 0 Å². The Balaban J connectivity index is 4.57. The maximum absolute atomic E-state index is 13.2. The molecule has 0 aromatic heterocycles. The Bertz CT molecular complexity index is 205. The van der Waals surface area contributed by atoms with Crippen LogP contribution < -0.4 is 0 Å². The normalized spacial score (nSPS) is 13.4. The summed E-state index contributed by atoms with van der Waals surface area (Å²) in [5.74, 6) is 0. The van der Waals surface area contributed by atoms with E-state index in [0.717, 1.165) is 0 Å². The highest BCUT2D eigenvalue weighted by atomic mass is 31.2. The summed E-state index contributed by atoms with van der Waals surface area (Å²) < 4.78 is 34.3. The lowest BCUT2D eigenvalue weighted by molar-refractivity contribution is 0.220. The first-order valence-corrected chi connectivity index (χ1v) is 5.90. The molecule has 78 valence electrons. The standard InChI is InChI=1S/C8H16FO3P/c1-4-7-8(9)13(10,11-5-2)12-6-3/h7H,4-6H2,1-3H3/b8-7+. The molecule has 0 N–H and O–H groups in total. The molecule has 0 fully saturated rings. The van der Waals surface area contributed by atoms with Gasteiger partial charge in [-0.3, -0.25) is 4.57 Å². The van der Waals surface area contributed by atoms with Crippen molar-refractivity contribution >= 4 is 7.60 Å². The van der Waals surface area contributed by atoms with Crippen LogP contribution in [0.15, 0.2) is 11.6 Å². The molecule has 5 heteroatoms. The largest absolute Gasteiger partial charge is 0.389 e. The first-order valence-electron chi connectivity index (χ1n) is 4.36. The summed E-state index contributed by atoms with van der Waals surface area (Å²) >= 11 is 0. The van der Waals surface area contributed by atoms with Crippen molar-refractivity contribution in [1.82, 2.24) is 0 Å². The minimum absolute atomic E-state index is 0.169. The van der Waals surface area contributed by atoms with Crippen molar-refractivity contribution in [2.75, 3.05) is 13.2 Å². The Morgan fingerprint density at radius 3 is 2.08 bits per heavy atom. The molecule has 0 aromatic carbocycles. The molecule has 0 aromatic rings.